The van der Waals surface area contributed by atoms with Crippen molar-refractivity contribution in [1.82, 2.24) is 14.9 Å². The number of imidazole rings is 1. The Morgan fingerprint density at radius 2 is 1.91 bits per heavy atom. The SMILES string of the molecule is CC(CCOC(=O)NCCn1ccnc1)N(c1cc(Cl)ccc1CO)S(=O)(=O)c1ccc(Cl)cc1. The second kappa shape index (κ2) is 12.3. The quantitative estimate of drug-likeness (QED) is 0.378. The lowest BCUT2D eigenvalue weighted by molar-refractivity contribution is 0.143. The molecule has 0 saturated heterocycles. The van der Waals surface area contributed by atoms with Crippen LogP contribution >= 0.6 is 23.2 Å². The van der Waals surface area contributed by atoms with Gasteiger partial charge in [-0.15, -0.1) is 0 Å². The molecule has 0 radical (unpaired) electrons. The number of carbonyl (C=O) groups excluding carboxylic acids is 1. The van der Waals surface area contributed by atoms with Crippen LogP contribution in [-0.2, 0) is 27.9 Å². The number of amides is 1. The van der Waals surface area contributed by atoms with Gasteiger partial charge in [-0.05, 0) is 43.3 Å². The van der Waals surface area contributed by atoms with E-state index >= 15 is 0 Å². The molecule has 3 aromatic rings. The van der Waals surface area contributed by atoms with Crippen molar-refractivity contribution < 1.29 is 23.1 Å². The Bertz CT molecular complexity index is 1220. The molecule has 2 aromatic carbocycles. The van der Waals surface area contributed by atoms with Gasteiger partial charge in [0.25, 0.3) is 10.0 Å². The molecule has 1 amide bonds. The van der Waals surface area contributed by atoms with Crippen molar-refractivity contribution in [2.45, 2.75) is 37.4 Å². The Morgan fingerprint density at radius 1 is 1.20 bits per heavy atom. The van der Waals surface area contributed by atoms with Crippen LogP contribution in [0, 0.1) is 0 Å². The minimum atomic E-state index is -4.07. The standard InChI is InChI=1S/C23H26Cl2N4O5S/c1-17(8-13-34-23(31)27-10-12-28-11-9-26-16-28)29(22-14-20(25)3-2-18(22)15-30)35(32,33)21-6-4-19(24)5-7-21/h2-7,9,11,14,16-17,30H,8,10,12-13,15H2,1H3,(H,27,31). The van der Waals surface area contributed by atoms with E-state index in [1.165, 1.54) is 34.6 Å². The molecule has 0 fully saturated rings. The fourth-order valence-corrected chi connectivity index (χ4v) is 5.40. The van der Waals surface area contributed by atoms with Gasteiger partial charge in [-0.3, -0.25) is 4.31 Å². The molecule has 9 nitrogen and oxygen atoms in total. The third kappa shape index (κ3) is 7.11. The van der Waals surface area contributed by atoms with Gasteiger partial charge >= 0.3 is 6.09 Å². The lowest BCUT2D eigenvalue weighted by atomic mass is 10.1. The number of nitrogens with one attached hydrogen (secondary N) is 1. The van der Waals surface area contributed by atoms with Gasteiger partial charge in [0.1, 0.15) is 0 Å². The third-order valence-corrected chi connectivity index (χ3v) is 7.62. The van der Waals surface area contributed by atoms with E-state index in [1.54, 1.807) is 37.8 Å². The number of rotatable bonds is 11. The molecule has 1 unspecified atom stereocenters. The number of benzene rings is 2. The summed E-state index contributed by atoms with van der Waals surface area (Å²) < 4.78 is 35.5. The molecule has 0 aliphatic heterocycles. The second-order valence-corrected chi connectivity index (χ2v) is 10.4. The summed E-state index contributed by atoms with van der Waals surface area (Å²) in [5.41, 5.74) is 0.629. The number of ether oxygens (including phenoxy) is 1. The lowest BCUT2D eigenvalue weighted by Crippen LogP contribution is -2.40. The fraction of sp³-hybridized carbons (Fsp3) is 0.304. The summed E-state index contributed by atoms with van der Waals surface area (Å²) in [4.78, 5) is 16.0. The highest BCUT2D eigenvalue weighted by molar-refractivity contribution is 7.92. The first kappa shape index (κ1) is 26.8. The normalized spacial score (nSPS) is 12.2. The van der Waals surface area contributed by atoms with Crippen LogP contribution in [0.2, 0.25) is 10.0 Å². The molecule has 0 aliphatic rings. The molecular weight excluding hydrogens is 515 g/mol. The van der Waals surface area contributed by atoms with Crippen molar-refractivity contribution in [3.05, 3.63) is 76.8 Å². The zero-order chi connectivity index (χ0) is 25.4. The van der Waals surface area contributed by atoms with E-state index in [0.717, 1.165) is 0 Å². The second-order valence-electron chi connectivity index (χ2n) is 7.69. The molecule has 3 rings (SSSR count). The first-order valence-electron chi connectivity index (χ1n) is 10.8. The molecule has 0 bridgehead atoms. The predicted molar refractivity (Wildman–Crippen MR) is 134 cm³/mol. The number of aromatic nitrogens is 2. The van der Waals surface area contributed by atoms with Gasteiger partial charge in [-0.1, -0.05) is 29.3 Å². The van der Waals surface area contributed by atoms with E-state index < -0.39 is 22.2 Å². The number of aliphatic hydroxyl groups excluding tert-OH is 1. The number of carbonyl (C=O) groups is 1. The van der Waals surface area contributed by atoms with E-state index in [1.807, 2.05) is 4.57 Å². The minimum Gasteiger partial charge on any atom is -0.449 e. The van der Waals surface area contributed by atoms with Crippen molar-refractivity contribution in [2.24, 2.45) is 0 Å². The van der Waals surface area contributed by atoms with Crippen molar-refractivity contribution in [3.63, 3.8) is 0 Å². The molecule has 2 N–H and O–H groups in total. The van der Waals surface area contributed by atoms with E-state index in [-0.39, 0.29) is 30.2 Å². The van der Waals surface area contributed by atoms with E-state index in [2.05, 4.69) is 10.3 Å². The molecule has 35 heavy (non-hydrogen) atoms. The van der Waals surface area contributed by atoms with Crippen LogP contribution in [0.4, 0.5) is 10.5 Å². The molecule has 0 aliphatic carbocycles. The van der Waals surface area contributed by atoms with Crippen LogP contribution in [0.3, 0.4) is 0 Å². The number of alkyl carbamates (subject to hydrolysis) is 1. The van der Waals surface area contributed by atoms with Gasteiger partial charge in [-0.25, -0.2) is 18.2 Å². The Balaban J connectivity index is 1.74. The van der Waals surface area contributed by atoms with Crippen molar-refractivity contribution in [2.75, 3.05) is 17.5 Å². The van der Waals surface area contributed by atoms with Gasteiger partial charge in [0, 0.05) is 53.6 Å². The zero-order valence-electron chi connectivity index (χ0n) is 19.0. The maximum absolute atomic E-state index is 13.6. The highest BCUT2D eigenvalue weighted by atomic mass is 35.5. The molecule has 12 heteroatoms. The van der Waals surface area contributed by atoms with Gasteiger partial charge in [0.15, 0.2) is 0 Å². The van der Waals surface area contributed by atoms with Crippen LogP contribution in [0.15, 0.2) is 66.1 Å². The number of hydrogen-bond donors (Lipinski definition) is 2. The van der Waals surface area contributed by atoms with E-state index in [4.69, 9.17) is 27.9 Å². The van der Waals surface area contributed by atoms with Crippen LogP contribution < -0.4 is 9.62 Å². The first-order valence-corrected chi connectivity index (χ1v) is 13.0. The number of aliphatic hydroxyl groups is 1. The van der Waals surface area contributed by atoms with Gasteiger partial charge in [0.2, 0.25) is 0 Å². The highest BCUT2D eigenvalue weighted by Gasteiger charge is 2.31. The molecule has 1 aromatic heterocycles. The number of sulfonamides is 1. The largest absolute Gasteiger partial charge is 0.449 e. The van der Waals surface area contributed by atoms with Crippen molar-refractivity contribution in [1.29, 1.82) is 0 Å². The predicted octanol–water partition coefficient (Wildman–Crippen LogP) is 4.08. The van der Waals surface area contributed by atoms with Gasteiger partial charge < -0.3 is 19.7 Å². The Labute approximate surface area is 214 Å². The number of hydrogen-bond acceptors (Lipinski definition) is 6. The Hall–Kier alpha value is -2.79. The molecule has 1 atom stereocenters. The van der Waals surface area contributed by atoms with Gasteiger partial charge in [-0.2, -0.15) is 0 Å². The van der Waals surface area contributed by atoms with E-state index in [9.17, 15) is 18.3 Å². The van der Waals surface area contributed by atoms with Gasteiger partial charge in [0.05, 0.1) is 30.1 Å². The summed E-state index contributed by atoms with van der Waals surface area (Å²) in [5.74, 6) is 0. The monoisotopic (exact) mass is 540 g/mol. The topological polar surface area (TPSA) is 114 Å². The molecule has 0 spiro atoms. The highest BCUT2D eigenvalue weighted by Crippen LogP contribution is 2.33. The van der Waals surface area contributed by atoms with Crippen LogP contribution in [0.1, 0.15) is 18.9 Å². The number of nitrogens with zero attached hydrogens (tertiary/aromatic N) is 3. The summed E-state index contributed by atoms with van der Waals surface area (Å²) in [6.07, 6.45) is 4.65. The third-order valence-electron chi connectivity index (χ3n) is 5.19. The zero-order valence-corrected chi connectivity index (χ0v) is 21.3. The smallest absolute Gasteiger partial charge is 0.407 e. The van der Waals surface area contributed by atoms with Crippen LogP contribution in [0.5, 0.6) is 0 Å². The van der Waals surface area contributed by atoms with Crippen molar-refractivity contribution >= 4 is 45.0 Å². The maximum atomic E-state index is 13.6. The lowest BCUT2D eigenvalue weighted by Gasteiger charge is -2.32. The fourth-order valence-electron chi connectivity index (χ4n) is 3.40. The molecular formula is C23H26Cl2N4O5S. The molecule has 0 saturated carbocycles. The number of halogens is 2. The molecule has 188 valence electrons. The Morgan fingerprint density at radius 3 is 2.57 bits per heavy atom. The average Bonchev–Trinajstić information content (AvgIpc) is 3.33. The van der Waals surface area contributed by atoms with Crippen LogP contribution in [0.25, 0.3) is 0 Å². The average molecular weight is 541 g/mol. The summed E-state index contributed by atoms with van der Waals surface area (Å²) >= 11 is 12.1. The summed E-state index contributed by atoms with van der Waals surface area (Å²) in [6, 6.07) is 9.78. The molecule has 1 heterocycles. The van der Waals surface area contributed by atoms with Crippen molar-refractivity contribution in [3.8, 4) is 0 Å². The maximum Gasteiger partial charge on any atom is 0.407 e. The summed E-state index contributed by atoms with van der Waals surface area (Å²) in [6.45, 7) is 2.17. The Kier molecular flexibility index (Phi) is 9.39. The first-order chi connectivity index (χ1) is 16.7. The minimum absolute atomic E-state index is 0.0239. The van der Waals surface area contributed by atoms with Crippen LogP contribution in [-0.4, -0.2) is 48.4 Å². The number of anilines is 1. The summed E-state index contributed by atoms with van der Waals surface area (Å²) in [7, 11) is -4.07. The van der Waals surface area contributed by atoms with E-state index in [0.29, 0.717) is 28.7 Å². The summed E-state index contributed by atoms with van der Waals surface area (Å²) in [5, 5.41) is 13.2.